The van der Waals surface area contributed by atoms with E-state index in [0.29, 0.717) is 11.1 Å². The number of carbonyl (C=O) groups is 3. The Morgan fingerprint density at radius 2 is 1.48 bits per heavy atom. The summed E-state index contributed by atoms with van der Waals surface area (Å²) < 4.78 is 0. The second kappa shape index (κ2) is 6.02. The van der Waals surface area contributed by atoms with Crippen LogP contribution in [-0.4, -0.2) is 28.8 Å². The van der Waals surface area contributed by atoms with Gasteiger partial charge in [-0.15, -0.1) is 0 Å². The van der Waals surface area contributed by atoms with Gasteiger partial charge in [-0.25, -0.2) is 10.4 Å². The summed E-state index contributed by atoms with van der Waals surface area (Å²) in [4.78, 5) is 36.3. The summed E-state index contributed by atoms with van der Waals surface area (Å²) in [5, 5.41) is 0.864. The highest BCUT2D eigenvalue weighted by Gasteiger charge is 2.37. The molecule has 3 N–H and O–H groups in total. The van der Waals surface area contributed by atoms with Crippen molar-refractivity contribution < 1.29 is 14.4 Å². The predicted octanol–water partition coefficient (Wildman–Crippen LogP) is 0.884. The molecule has 3 amide bonds. The van der Waals surface area contributed by atoms with Crippen molar-refractivity contribution in [2.75, 3.05) is 0 Å². The third kappa shape index (κ3) is 2.84. The third-order valence-electron chi connectivity index (χ3n) is 3.71. The maximum Gasteiger partial charge on any atom is 0.276 e. The summed E-state index contributed by atoms with van der Waals surface area (Å²) in [6.45, 7) is 0. The van der Waals surface area contributed by atoms with Gasteiger partial charge >= 0.3 is 0 Å². The van der Waals surface area contributed by atoms with Crippen molar-refractivity contribution in [1.29, 1.82) is 0 Å². The number of amides is 3. The molecule has 0 saturated heterocycles. The molecular formula is C17H15N3O3. The number of carbonyl (C=O) groups excluding carboxylic acids is 3. The number of nitrogens with zero attached hydrogens (tertiary/aromatic N) is 1. The molecule has 1 heterocycles. The molecule has 116 valence electrons. The standard InChI is InChI=1S/C17H15N3O3/c18-15(21)14(10-11-6-2-1-3-7-11)19-20-16(22)12-8-4-5-9-13(12)17(20)23/h1-9,14,19H,10H2,(H2,18,21)/t14-/m0/s1. The Balaban J connectivity index is 1.81. The van der Waals surface area contributed by atoms with Crippen LogP contribution < -0.4 is 11.2 Å². The number of rotatable bonds is 5. The summed E-state index contributed by atoms with van der Waals surface area (Å²) in [6.07, 6.45) is 0.281. The lowest BCUT2D eigenvalue weighted by molar-refractivity contribution is -0.120. The molecule has 0 spiro atoms. The Kier molecular flexibility index (Phi) is 3.91. The van der Waals surface area contributed by atoms with Crippen LogP contribution in [0.4, 0.5) is 0 Å². The van der Waals surface area contributed by atoms with Crippen molar-refractivity contribution >= 4 is 17.7 Å². The molecule has 1 aliphatic heterocycles. The van der Waals surface area contributed by atoms with E-state index in [2.05, 4.69) is 5.43 Å². The van der Waals surface area contributed by atoms with Gasteiger partial charge in [0, 0.05) is 0 Å². The van der Waals surface area contributed by atoms with Gasteiger partial charge in [0.15, 0.2) is 0 Å². The molecule has 0 aromatic heterocycles. The Labute approximate surface area is 132 Å². The fourth-order valence-electron chi connectivity index (χ4n) is 2.52. The minimum Gasteiger partial charge on any atom is -0.368 e. The molecule has 0 bridgehead atoms. The molecule has 2 aromatic carbocycles. The zero-order valence-corrected chi connectivity index (χ0v) is 12.2. The maximum absolute atomic E-state index is 12.3. The normalized spacial score (nSPS) is 14.7. The van der Waals surface area contributed by atoms with E-state index in [9.17, 15) is 14.4 Å². The van der Waals surface area contributed by atoms with E-state index in [0.717, 1.165) is 10.6 Å². The number of hydrazine groups is 1. The number of imide groups is 1. The van der Waals surface area contributed by atoms with Gasteiger partial charge in [0.05, 0.1) is 11.1 Å². The van der Waals surface area contributed by atoms with E-state index >= 15 is 0 Å². The molecule has 6 nitrogen and oxygen atoms in total. The lowest BCUT2D eigenvalue weighted by Gasteiger charge is -2.22. The largest absolute Gasteiger partial charge is 0.368 e. The van der Waals surface area contributed by atoms with Gasteiger partial charge in [0.1, 0.15) is 6.04 Å². The molecular weight excluding hydrogens is 294 g/mol. The zero-order chi connectivity index (χ0) is 16.4. The Bertz CT molecular complexity index is 739. The van der Waals surface area contributed by atoms with Crippen molar-refractivity contribution in [1.82, 2.24) is 10.4 Å². The molecule has 0 unspecified atom stereocenters. The van der Waals surface area contributed by atoms with Gasteiger partial charge in [-0.05, 0) is 24.1 Å². The maximum atomic E-state index is 12.3. The van der Waals surface area contributed by atoms with Gasteiger partial charge in [-0.3, -0.25) is 14.4 Å². The third-order valence-corrected chi connectivity index (χ3v) is 3.71. The Morgan fingerprint density at radius 3 is 2.00 bits per heavy atom. The summed E-state index contributed by atoms with van der Waals surface area (Å²) >= 11 is 0. The van der Waals surface area contributed by atoms with Gasteiger partial charge in [0.25, 0.3) is 11.8 Å². The van der Waals surface area contributed by atoms with E-state index in [1.54, 1.807) is 24.3 Å². The van der Waals surface area contributed by atoms with Gasteiger partial charge < -0.3 is 5.73 Å². The summed E-state index contributed by atoms with van der Waals surface area (Å²) in [7, 11) is 0. The molecule has 1 atom stereocenters. The lowest BCUT2D eigenvalue weighted by Crippen LogP contribution is -2.53. The number of hydrogen-bond acceptors (Lipinski definition) is 4. The van der Waals surface area contributed by atoms with Crippen LogP contribution in [0.3, 0.4) is 0 Å². The van der Waals surface area contributed by atoms with Crippen molar-refractivity contribution in [2.45, 2.75) is 12.5 Å². The van der Waals surface area contributed by atoms with Crippen LogP contribution in [0.25, 0.3) is 0 Å². The first-order valence-electron chi connectivity index (χ1n) is 7.15. The first-order chi connectivity index (χ1) is 11.1. The average Bonchev–Trinajstić information content (AvgIpc) is 2.80. The number of primary amides is 1. The van der Waals surface area contributed by atoms with E-state index in [1.807, 2.05) is 30.3 Å². The molecule has 6 heteroatoms. The fraction of sp³-hybridized carbons (Fsp3) is 0.118. The number of fused-ring (bicyclic) bond motifs is 1. The topological polar surface area (TPSA) is 92.5 Å². The minimum atomic E-state index is -0.861. The average molecular weight is 309 g/mol. The van der Waals surface area contributed by atoms with Crippen LogP contribution >= 0.6 is 0 Å². The second-order valence-electron chi connectivity index (χ2n) is 5.27. The quantitative estimate of drug-likeness (QED) is 0.802. The van der Waals surface area contributed by atoms with Gasteiger partial charge in [0.2, 0.25) is 5.91 Å². The molecule has 0 saturated carbocycles. The van der Waals surface area contributed by atoms with E-state index in [4.69, 9.17) is 5.73 Å². The summed E-state index contributed by atoms with van der Waals surface area (Å²) in [5.74, 6) is -1.60. The van der Waals surface area contributed by atoms with Crippen LogP contribution in [-0.2, 0) is 11.2 Å². The Morgan fingerprint density at radius 1 is 0.957 bits per heavy atom. The summed E-state index contributed by atoms with van der Waals surface area (Å²) in [6, 6.07) is 14.9. The molecule has 0 aliphatic carbocycles. The lowest BCUT2D eigenvalue weighted by atomic mass is 10.1. The van der Waals surface area contributed by atoms with Crippen molar-refractivity contribution in [3.8, 4) is 0 Å². The summed E-state index contributed by atoms with van der Waals surface area (Å²) in [5.41, 5.74) is 9.58. The highest BCUT2D eigenvalue weighted by Crippen LogP contribution is 2.21. The van der Waals surface area contributed by atoms with Crippen LogP contribution in [0, 0.1) is 0 Å². The number of benzene rings is 2. The molecule has 0 radical (unpaired) electrons. The second-order valence-corrected chi connectivity index (χ2v) is 5.27. The smallest absolute Gasteiger partial charge is 0.276 e. The minimum absolute atomic E-state index is 0.281. The highest BCUT2D eigenvalue weighted by atomic mass is 16.2. The van der Waals surface area contributed by atoms with Crippen LogP contribution in [0.15, 0.2) is 54.6 Å². The number of nitrogens with two attached hydrogens (primary N) is 1. The predicted molar refractivity (Wildman–Crippen MR) is 83.2 cm³/mol. The van der Waals surface area contributed by atoms with Crippen molar-refractivity contribution in [2.24, 2.45) is 5.73 Å². The first-order valence-corrected chi connectivity index (χ1v) is 7.15. The molecule has 0 fully saturated rings. The fourth-order valence-corrected chi connectivity index (χ4v) is 2.52. The van der Waals surface area contributed by atoms with E-state index < -0.39 is 23.8 Å². The zero-order valence-electron chi connectivity index (χ0n) is 12.2. The molecule has 1 aliphatic rings. The van der Waals surface area contributed by atoms with Crippen LogP contribution in [0.2, 0.25) is 0 Å². The molecule has 2 aromatic rings. The molecule has 3 rings (SSSR count). The van der Waals surface area contributed by atoms with Gasteiger partial charge in [-0.1, -0.05) is 42.5 Å². The SMILES string of the molecule is NC(=O)[C@H](Cc1ccccc1)NN1C(=O)c2ccccc2C1=O. The van der Waals surface area contributed by atoms with Crippen LogP contribution in [0.5, 0.6) is 0 Å². The van der Waals surface area contributed by atoms with E-state index in [1.165, 1.54) is 0 Å². The van der Waals surface area contributed by atoms with Crippen LogP contribution in [0.1, 0.15) is 26.3 Å². The van der Waals surface area contributed by atoms with Crippen molar-refractivity contribution in [3.63, 3.8) is 0 Å². The van der Waals surface area contributed by atoms with E-state index in [-0.39, 0.29) is 6.42 Å². The molecule has 23 heavy (non-hydrogen) atoms. The Hall–Kier alpha value is -2.99. The van der Waals surface area contributed by atoms with Gasteiger partial charge in [-0.2, -0.15) is 0 Å². The monoisotopic (exact) mass is 309 g/mol. The van der Waals surface area contributed by atoms with Crippen molar-refractivity contribution in [3.05, 3.63) is 71.3 Å². The highest BCUT2D eigenvalue weighted by molar-refractivity contribution is 6.21. The number of hydrogen-bond donors (Lipinski definition) is 2. The number of nitrogens with one attached hydrogen (secondary N) is 1. The first kappa shape index (κ1) is 14.9.